The molecule has 1 fully saturated rings. The van der Waals surface area contributed by atoms with Crippen LogP contribution in [0.4, 0.5) is 0 Å². The van der Waals surface area contributed by atoms with Crippen molar-refractivity contribution in [1.29, 1.82) is 5.26 Å². The number of Topliss-reactive ketones (excluding diaryl/α,β-unsaturated/α-hetero) is 1. The maximum absolute atomic E-state index is 12.9. The summed E-state index contributed by atoms with van der Waals surface area (Å²) >= 11 is 0. The van der Waals surface area contributed by atoms with Gasteiger partial charge >= 0.3 is 0 Å². The Kier molecular flexibility index (Phi) is 5.82. The smallest absolute Gasteiger partial charge is 0.183 e. The molecule has 0 aromatic carbocycles. The molecule has 1 aliphatic rings. The standard InChI is InChI=1S/C19H31N3O/c1-8-10-16-11-13(3)19(21,14(4)12-20)22(16)15(5)17(23)18(6,7)9-2/h13,16H,4-5,8-11,21H2,1-3,6-7H3/t13?,16?,19-/m0/s1. The SMILES string of the molecule is C=C(C(=O)C(C)(C)CC)N1C(CCC)CC(C)[C@@]1(N)C(=C)C#N. The molecule has 1 saturated heterocycles. The fraction of sp³-hybridized carbons (Fsp3) is 0.684. The fourth-order valence-corrected chi connectivity index (χ4v) is 3.45. The highest BCUT2D eigenvalue weighted by atomic mass is 16.1. The van der Waals surface area contributed by atoms with Gasteiger partial charge in [0.1, 0.15) is 5.66 Å². The molecular formula is C19H31N3O. The van der Waals surface area contributed by atoms with Crippen LogP contribution in [0.1, 0.15) is 60.3 Å². The zero-order valence-corrected chi connectivity index (χ0v) is 15.3. The van der Waals surface area contributed by atoms with Gasteiger partial charge in [-0.15, -0.1) is 0 Å². The lowest BCUT2D eigenvalue weighted by molar-refractivity contribution is -0.125. The van der Waals surface area contributed by atoms with Gasteiger partial charge in [-0.25, -0.2) is 0 Å². The number of carbonyl (C=O) groups is 1. The molecular weight excluding hydrogens is 286 g/mol. The van der Waals surface area contributed by atoms with E-state index in [0.717, 1.165) is 25.7 Å². The topological polar surface area (TPSA) is 70.1 Å². The van der Waals surface area contributed by atoms with Gasteiger partial charge in [0.2, 0.25) is 0 Å². The third kappa shape index (κ3) is 3.21. The van der Waals surface area contributed by atoms with Gasteiger partial charge in [0.05, 0.1) is 17.3 Å². The normalized spacial score (nSPS) is 27.6. The molecule has 1 rings (SSSR count). The van der Waals surface area contributed by atoms with E-state index in [9.17, 15) is 10.1 Å². The van der Waals surface area contributed by atoms with Gasteiger partial charge in [-0.05, 0) is 25.2 Å². The molecule has 0 bridgehead atoms. The average Bonchev–Trinajstić information content (AvgIpc) is 2.77. The summed E-state index contributed by atoms with van der Waals surface area (Å²) in [5.74, 6) is 0.0382. The van der Waals surface area contributed by atoms with Gasteiger partial charge in [-0.2, -0.15) is 5.26 Å². The first-order valence-corrected chi connectivity index (χ1v) is 8.49. The first-order valence-electron chi connectivity index (χ1n) is 8.49. The lowest BCUT2D eigenvalue weighted by atomic mass is 9.82. The summed E-state index contributed by atoms with van der Waals surface area (Å²) in [6, 6.07) is 2.22. The third-order valence-electron chi connectivity index (χ3n) is 5.43. The van der Waals surface area contributed by atoms with Crippen molar-refractivity contribution in [3.05, 3.63) is 24.4 Å². The van der Waals surface area contributed by atoms with Crippen molar-refractivity contribution in [2.24, 2.45) is 17.1 Å². The number of likely N-dealkylation sites (tertiary alicyclic amines) is 1. The summed E-state index contributed by atoms with van der Waals surface area (Å²) in [5.41, 5.74) is 5.83. The van der Waals surface area contributed by atoms with Crippen molar-refractivity contribution < 1.29 is 4.79 Å². The van der Waals surface area contributed by atoms with E-state index in [-0.39, 0.29) is 17.7 Å². The second-order valence-electron chi connectivity index (χ2n) is 7.38. The van der Waals surface area contributed by atoms with Gasteiger partial charge in [-0.1, -0.05) is 54.2 Å². The van der Waals surface area contributed by atoms with Crippen molar-refractivity contribution in [3.63, 3.8) is 0 Å². The van der Waals surface area contributed by atoms with E-state index in [1.54, 1.807) is 0 Å². The molecule has 0 radical (unpaired) electrons. The molecule has 0 aromatic heterocycles. The molecule has 0 aliphatic carbocycles. The van der Waals surface area contributed by atoms with Crippen LogP contribution in [0.15, 0.2) is 24.4 Å². The van der Waals surface area contributed by atoms with Gasteiger partial charge in [0, 0.05) is 11.5 Å². The lowest BCUT2D eigenvalue weighted by Gasteiger charge is -2.43. The van der Waals surface area contributed by atoms with Crippen LogP contribution in [0.2, 0.25) is 0 Å². The number of nitrogens with zero attached hydrogens (tertiary/aromatic N) is 2. The number of nitrogens with two attached hydrogens (primary N) is 1. The predicted octanol–water partition coefficient (Wildman–Crippen LogP) is 3.75. The highest BCUT2D eigenvalue weighted by Gasteiger charge is 2.52. The zero-order valence-electron chi connectivity index (χ0n) is 15.3. The molecule has 2 N–H and O–H groups in total. The van der Waals surface area contributed by atoms with Crippen LogP contribution in [0.25, 0.3) is 0 Å². The van der Waals surface area contributed by atoms with Crippen molar-refractivity contribution in [2.45, 2.75) is 72.0 Å². The molecule has 0 spiro atoms. The Hall–Kier alpha value is -1.60. The number of carbonyl (C=O) groups excluding carboxylic acids is 1. The molecule has 2 unspecified atom stereocenters. The largest absolute Gasteiger partial charge is 0.343 e. The molecule has 1 aliphatic heterocycles. The molecule has 4 nitrogen and oxygen atoms in total. The Balaban J connectivity index is 3.34. The van der Waals surface area contributed by atoms with E-state index < -0.39 is 11.1 Å². The van der Waals surface area contributed by atoms with Crippen LogP contribution in [0.3, 0.4) is 0 Å². The van der Waals surface area contributed by atoms with Crippen LogP contribution < -0.4 is 5.73 Å². The summed E-state index contributed by atoms with van der Waals surface area (Å²) in [5, 5.41) is 9.37. The fourth-order valence-electron chi connectivity index (χ4n) is 3.45. The van der Waals surface area contributed by atoms with Crippen LogP contribution in [-0.2, 0) is 4.79 Å². The Morgan fingerprint density at radius 3 is 2.43 bits per heavy atom. The minimum Gasteiger partial charge on any atom is -0.343 e. The molecule has 128 valence electrons. The van der Waals surface area contributed by atoms with Gasteiger partial charge < -0.3 is 10.6 Å². The Labute approximate surface area is 141 Å². The van der Waals surface area contributed by atoms with Gasteiger partial charge in [0.25, 0.3) is 0 Å². The number of ketones is 1. The lowest BCUT2D eigenvalue weighted by Crippen LogP contribution is -2.58. The van der Waals surface area contributed by atoms with Crippen molar-refractivity contribution >= 4 is 5.78 Å². The van der Waals surface area contributed by atoms with E-state index >= 15 is 0 Å². The van der Waals surface area contributed by atoms with Gasteiger partial charge in [0.15, 0.2) is 5.78 Å². The minimum absolute atomic E-state index is 0.00392. The number of allylic oxidation sites excluding steroid dienone is 1. The van der Waals surface area contributed by atoms with Crippen molar-refractivity contribution in [2.75, 3.05) is 0 Å². The maximum atomic E-state index is 12.9. The summed E-state index contributed by atoms with van der Waals surface area (Å²) in [6.07, 6.45) is 3.47. The maximum Gasteiger partial charge on any atom is 0.183 e. The van der Waals surface area contributed by atoms with E-state index in [1.165, 1.54) is 0 Å². The van der Waals surface area contributed by atoms with E-state index in [0.29, 0.717) is 11.3 Å². The first-order chi connectivity index (χ1) is 10.6. The molecule has 0 saturated carbocycles. The summed E-state index contributed by atoms with van der Waals surface area (Å²) in [7, 11) is 0. The highest BCUT2D eigenvalue weighted by Crippen LogP contribution is 2.44. The van der Waals surface area contributed by atoms with Crippen LogP contribution >= 0.6 is 0 Å². The van der Waals surface area contributed by atoms with E-state index in [1.807, 2.05) is 32.6 Å². The Bertz CT molecular complexity index is 543. The van der Waals surface area contributed by atoms with Crippen molar-refractivity contribution in [1.82, 2.24) is 4.90 Å². The zero-order chi connectivity index (χ0) is 18.0. The highest BCUT2D eigenvalue weighted by molar-refractivity contribution is 5.98. The second-order valence-corrected chi connectivity index (χ2v) is 7.38. The number of rotatable bonds is 7. The molecule has 0 aromatic rings. The predicted molar refractivity (Wildman–Crippen MR) is 94.2 cm³/mol. The summed E-state index contributed by atoms with van der Waals surface area (Å²) in [4.78, 5) is 14.8. The average molecular weight is 317 g/mol. The van der Waals surface area contributed by atoms with Gasteiger partial charge in [-0.3, -0.25) is 4.79 Å². The third-order valence-corrected chi connectivity index (χ3v) is 5.43. The Morgan fingerprint density at radius 1 is 1.43 bits per heavy atom. The van der Waals surface area contributed by atoms with Crippen LogP contribution in [-0.4, -0.2) is 22.4 Å². The number of hydrogen-bond donors (Lipinski definition) is 1. The van der Waals surface area contributed by atoms with E-state index in [2.05, 4.69) is 26.2 Å². The molecule has 0 amide bonds. The second kappa shape index (κ2) is 6.88. The van der Waals surface area contributed by atoms with E-state index in [4.69, 9.17) is 5.73 Å². The molecule has 23 heavy (non-hydrogen) atoms. The van der Waals surface area contributed by atoms with Crippen LogP contribution in [0, 0.1) is 22.7 Å². The first kappa shape index (κ1) is 19.4. The molecule has 3 atom stereocenters. The quantitative estimate of drug-likeness (QED) is 0.573. The molecule has 4 heteroatoms. The van der Waals surface area contributed by atoms with Crippen LogP contribution in [0.5, 0.6) is 0 Å². The summed E-state index contributed by atoms with van der Waals surface area (Å²) in [6.45, 7) is 17.9. The summed E-state index contributed by atoms with van der Waals surface area (Å²) < 4.78 is 0. The van der Waals surface area contributed by atoms with Crippen molar-refractivity contribution in [3.8, 4) is 6.07 Å². The number of nitriles is 1. The Morgan fingerprint density at radius 2 is 2.00 bits per heavy atom. The number of hydrogen-bond acceptors (Lipinski definition) is 4. The monoisotopic (exact) mass is 317 g/mol. The molecule has 1 heterocycles. The minimum atomic E-state index is -1.02.